The maximum absolute atomic E-state index is 12.8. The first-order valence-corrected chi connectivity index (χ1v) is 8.44. The molecule has 7 heteroatoms. The summed E-state index contributed by atoms with van der Waals surface area (Å²) in [5.74, 6) is -0.716. The molecular formula is C18H21N5O2. The van der Waals surface area contributed by atoms with Crippen LogP contribution >= 0.6 is 0 Å². The van der Waals surface area contributed by atoms with Gasteiger partial charge in [0.15, 0.2) is 0 Å². The number of carbonyl (C=O) groups excluding carboxylic acids is 1. The minimum atomic E-state index is -0.716. The Bertz CT molecular complexity index is 1060. The van der Waals surface area contributed by atoms with Gasteiger partial charge in [-0.05, 0) is 24.6 Å². The van der Waals surface area contributed by atoms with Crippen molar-refractivity contribution in [2.45, 2.75) is 39.2 Å². The van der Waals surface area contributed by atoms with Crippen molar-refractivity contribution in [2.75, 3.05) is 0 Å². The van der Waals surface area contributed by atoms with Crippen LogP contribution in [0.5, 0.6) is 0 Å². The first-order valence-electron chi connectivity index (χ1n) is 8.44. The minimum absolute atomic E-state index is 0.00341. The van der Waals surface area contributed by atoms with E-state index in [2.05, 4.69) is 11.9 Å². The molecule has 130 valence electrons. The number of nitrogens with zero attached hydrogens (tertiary/aromatic N) is 3. The zero-order valence-electron chi connectivity index (χ0n) is 14.2. The van der Waals surface area contributed by atoms with E-state index in [9.17, 15) is 9.59 Å². The summed E-state index contributed by atoms with van der Waals surface area (Å²) in [5.41, 5.74) is 6.11. The number of unbranched alkanes of at least 4 members (excludes halogenated alkanes) is 3. The fourth-order valence-corrected chi connectivity index (χ4v) is 2.99. The summed E-state index contributed by atoms with van der Waals surface area (Å²) < 4.78 is 3.05. The van der Waals surface area contributed by atoms with Crippen molar-refractivity contribution >= 4 is 22.6 Å². The van der Waals surface area contributed by atoms with Crippen LogP contribution in [0.4, 0.5) is 0 Å². The monoisotopic (exact) mass is 339 g/mol. The first kappa shape index (κ1) is 16.9. The summed E-state index contributed by atoms with van der Waals surface area (Å²) in [5, 5.41) is 8.63. The highest BCUT2D eigenvalue weighted by molar-refractivity contribution is 5.95. The third-order valence-electron chi connectivity index (χ3n) is 4.32. The second kappa shape index (κ2) is 6.88. The number of amides is 1. The van der Waals surface area contributed by atoms with Gasteiger partial charge in [-0.15, -0.1) is 0 Å². The van der Waals surface area contributed by atoms with Crippen LogP contribution < -0.4 is 16.8 Å². The SMILES string of the molecule is CCCCCCn1c(=N)c(C(N)=O)cc2c(=O)n3ccccc3nc21. The van der Waals surface area contributed by atoms with Gasteiger partial charge in [0.1, 0.15) is 16.8 Å². The smallest absolute Gasteiger partial charge is 0.267 e. The zero-order valence-corrected chi connectivity index (χ0v) is 14.2. The zero-order chi connectivity index (χ0) is 18.0. The first-order chi connectivity index (χ1) is 12.0. The van der Waals surface area contributed by atoms with E-state index in [-0.39, 0.29) is 16.6 Å². The number of nitrogens with one attached hydrogen (secondary N) is 1. The molecule has 0 aliphatic carbocycles. The number of rotatable bonds is 6. The van der Waals surface area contributed by atoms with Gasteiger partial charge in [0.05, 0.1) is 10.9 Å². The van der Waals surface area contributed by atoms with Crippen molar-refractivity contribution in [1.29, 1.82) is 5.41 Å². The lowest BCUT2D eigenvalue weighted by Gasteiger charge is -2.13. The van der Waals surface area contributed by atoms with E-state index < -0.39 is 5.91 Å². The third-order valence-corrected chi connectivity index (χ3v) is 4.32. The highest BCUT2D eigenvalue weighted by atomic mass is 16.1. The molecule has 0 bridgehead atoms. The minimum Gasteiger partial charge on any atom is -0.365 e. The molecule has 0 saturated carbocycles. The van der Waals surface area contributed by atoms with Gasteiger partial charge in [-0.1, -0.05) is 32.3 Å². The summed E-state index contributed by atoms with van der Waals surface area (Å²) in [6.07, 6.45) is 5.69. The van der Waals surface area contributed by atoms with Crippen LogP contribution in [0.2, 0.25) is 0 Å². The van der Waals surface area contributed by atoms with Crippen molar-refractivity contribution in [3.05, 3.63) is 51.9 Å². The van der Waals surface area contributed by atoms with E-state index in [0.717, 1.165) is 25.7 Å². The number of primary amides is 1. The molecule has 3 rings (SSSR count). The van der Waals surface area contributed by atoms with E-state index in [1.54, 1.807) is 29.0 Å². The standard InChI is InChI=1S/C18H21N5O2/c1-2-3-4-6-10-23-15(19)12(16(20)24)11-13-17(23)21-14-8-5-7-9-22(14)18(13)25/h5,7-9,11,19H,2-4,6,10H2,1H3,(H2,20,24). The van der Waals surface area contributed by atoms with Crippen molar-refractivity contribution in [3.63, 3.8) is 0 Å². The van der Waals surface area contributed by atoms with Gasteiger partial charge < -0.3 is 10.3 Å². The molecule has 0 unspecified atom stereocenters. The second-order valence-electron chi connectivity index (χ2n) is 6.07. The van der Waals surface area contributed by atoms with Crippen LogP contribution in [-0.2, 0) is 6.54 Å². The molecule has 0 aromatic carbocycles. The molecule has 0 atom stereocenters. The Morgan fingerprint density at radius 3 is 2.80 bits per heavy atom. The number of carbonyl (C=O) groups is 1. The van der Waals surface area contributed by atoms with E-state index in [4.69, 9.17) is 11.1 Å². The second-order valence-corrected chi connectivity index (χ2v) is 6.07. The van der Waals surface area contributed by atoms with Crippen molar-refractivity contribution in [1.82, 2.24) is 14.0 Å². The van der Waals surface area contributed by atoms with Crippen LogP contribution in [0.15, 0.2) is 35.3 Å². The number of pyridine rings is 2. The Hall–Kier alpha value is -2.96. The van der Waals surface area contributed by atoms with Gasteiger partial charge in [0, 0.05) is 12.7 Å². The quantitative estimate of drug-likeness (QED) is 0.528. The van der Waals surface area contributed by atoms with E-state index >= 15 is 0 Å². The molecule has 0 radical (unpaired) electrons. The maximum Gasteiger partial charge on any atom is 0.267 e. The molecule has 7 nitrogen and oxygen atoms in total. The Labute approximate surface area is 144 Å². The number of fused-ring (bicyclic) bond motifs is 2. The summed E-state index contributed by atoms with van der Waals surface area (Å²) in [6.45, 7) is 2.65. The van der Waals surface area contributed by atoms with Crippen LogP contribution in [0, 0.1) is 5.41 Å². The third kappa shape index (κ3) is 3.05. The number of hydrogen-bond donors (Lipinski definition) is 2. The molecule has 0 spiro atoms. The molecule has 0 fully saturated rings. The Morgan fingerprint density at radius 2 is 2.08 bits per heavy atom. The summed E-state index contributed by atoms with van der Waals surface area (Å²) in [6, 6.07) is 6.68. The highest BCUT2D eigenvalue weighted by Gasteiger charge is 2.15. The summed E-state index contributed by atoms with van der Waals surface area (Å²) in [4.78, 5) is 29.1. The van der Waals surface area contributed by atoms with E-state index in [1.807, 2.05) is 0 Å². The van der Waals surface area contributed by atoms with Crippen LogP contribution in [-0.4, -0.2) is 19.9 Å². The molecule has 3 aromatic rings. The summed E-state index contributed by atoms with van der Waals surface area (Å²) in [7, 11) is 0. The van der Waals surface area contributed by atoms with Gasteiger partial charge >= 0.3 is 0 Å². The van der Waals surface area contributed by atoms with Gasteiger partial charge in [-0.2, -0.15) is 0 Å². The summed E-state index contributed by atoms with van der Waals surface area (Å²) >= 11 is 0. The number of aryl methyl sites for hydroxylation is 1. The lowest BCUT2D eigenvalue weighted by Crippen LogP contribution is -2.32. The van der Waals surface area contributed by atoms with Gasteiger partial charge in [0.2, 0.25) is 0 Å². The van der Waals surface area contributed by atoms with Crippen molar-refractivity contribution < 1.29 is 4.79 Å². The van der Waals surface area contributed by atoms with Gasteiger partial charge in [-0.25, -0.2) is 4.98 Å². The van der Waals surface area contributed by atoms with E-state index in [1.165, 1.54) is 10.5 Å². The fourth-order valence-electron chi connectivity index (χ4n) is 2.99. The molecule has 1 amide bonds. The average molecular weight is 339 g/mol. The topological polar surface area (TPSA) is 106 Å². The Balaban J connectivity index is 2.29. The van der Waals surface area contributed by atoms with Crippen LogP contribution in [0.3, 0.4) is 0 Å². The number of aromatic nitrogens is 3. The number of hydrogen-bond acceptors (Lipinski definition) is 4. The van der Waals surface area contributed by atoms with Crippen LogP contribution in [0.1, 0.15) is 43.0 Å². The fraction of sp³-hybridized carbons (Fsp3) is 0.333. The Morgan fingerprint density at radius 1 is 1.28 bits per heavy atom. The largest absolute Gasteiger partial charge is 0.365 e. The molecular weight excluding hydrogens is 318 g/mol. The highest BCUT2D eigenvalue weighted by Crippen LogP contribution is 2.11. The average Bonchev–Trinajstić information content (AvgIpc) is 2.60. The van der Waals surface area contributed by atoms with Crippen molar-refractivity contribution in [3.8, 4) is 0 Å². The predicted molar refractivity (Wildman–Crippen MR) is 95.5 cm³/mol. The Kier molecular flexibility index (Phi) is 4.65. The van der Waals surface area contributed by atoms with Gasteiger partial charge in [0.25, 0.3) is 11.5 Å². The van der Waals surface area contributed by atoms with E-state index in [0.29, 0.717) is 23.2 Å². The van der Waals surface area contributed by atoms with Crippen LogP contribution in [0.25, 0.3) is 16.7 Å². The lowest BCUT2D eigenvalue weighted by molar-refractivity contribution is 0.0998. The molecule has 3 heterocycles. The molecule has 0 saturated heterocycles. The molecule has 3 aromatic heterocycles. The number of nitrogens with two attached hydrogens (primary N) is 1. The normalized spacial score (nSPS) is 11.2. The lowest BCUT2D eigenvalue weighted by atomic mass is 10.1. The molecule has 0 aliphatic heterocycles. The maximum atomic E-state index is 12.8. The van der Waals surface area contributed by atoms with Gasteiger partial charge in [-0.3, -0.25) is 19.4 Å². The molecule has 0 aliphatic rings. The molecule has 3 N–H and O–H groups in total. The van der Waals surface area contributed by atoms with Crippen molar-refractivity contribution in [2.24, 2.45) is 5.73 Å². The predicted octanol–water partition coefficient (Wildman–Crippen LogP) is 1.81. The molecule has 25 heavy (non-hydrogen) atoms.